The first kappa shape index (κ1) is 15.3. The van der Waals surface area contributed by atoms with Gasteiger partial charge in [-0.15, -0.1) is 11.3 Å². The highest BCUT2D eigenvalue weighted by Crippen LogP contribution is 2.35. The van der Waals surface area contributed by atoms with Gasteiger partial charge >= 0.3 is 5.97 Å². The van der Waals surface area contributed by atoms with Crippen molar-refractivity contribution in [2.24, 2.45) is 0 Å². The van der Waals surface area contributed by atoms with Crippen LogP contribution >= 0.6 is 11.3 Å². The van der Waals surface area contributed by atoms with Crippen LogP contribution in [-0.2, 0) is 16.0 Å². The van der Waals surface area contributed by atoms with E-state index in [1.807, 2.05) is 17.5 Å². The normalized spacial score (nSPS) is 16.3. The quantitative estimate of drug-likeness (QED) is 0.795. The molecule has 0 saturated carbocycles. The first-order chi connectivity index (χ1) is 11.2. The topological polar surface area (TPSA) is 70.4 Å². The van der Waals surface area contributed by atoms with Crippen LogP contribution in [0.4, 0.5) is 0 Å². The number of thiophene rings is 1. The molecule has 1 aliphatic rings. The lowest BCUT2D eigenvalue weighted by molar-refractivity contribution is -0.146. The molecule has 0 radical (unpaired) electrons. The third-order valence-electron chi connectivity index (χ3n) is 3.89. The zero-order chi connectivity index (χ0) is 16.4. The van der Waals surface area contributed by atoms with Gasteiger partial charge in [-0.25, -0.2) is 4.79 Å². The van der Waals surface area contributed by atoms with Crippen LogP contribution in [0.15, 0.2) is 35.7 Å². The van der Waals surface area contributed by atoms with Crippen molar-refractivity contribution in [2.45, 2.75) is 12.5 Å². The van der Waals surface area contributed by atoms with E-state index >= 15 is 0 Å². The Morgan fingerprint density at radius 3 is 2.96 bits per heavy atom. The second kappa shape index (κ2) is 6.23. The Labute approximate surface area is 137 Å². The number of fused-ring (bicyclic) bond motifs is 1. The van der Waals surface area contributed by atoms with Crippen molar-refractivity contribution < 1.29 is 14.3 Å². The number of rotatable bonds is 2. The van der Waals surface area contributed by atoms with Crippen molar-refractivity contribution >= 4 is 23.2 Å². The molecule has 6 heteroatoms. The lowest BCUT2D eigenvalue weighted by Gasteiger charge is -2.34. The third kappa shape index (κ3) is 2.71. The number of nitriles is 1. The summed E-state index contributed by atoms with van der Waals surface area (Å²) in [7, 11) is 1.32. The van der Waals surface area contributed by atoms with Gasteiger partial charge < -0.3 is 9.64 Å². The van der Waals surface area contributed by atoms with Crippen LogP contribution in [0.1, 0.15) is 32.4 Å². The second-order valence-electron chi connectivity index (χ2n) is 5.17. The van der Waals surface area contributed by atoms with Crippen molar-refractivity contribution in [1.82, 2.24) is 4.90 Å². The molecule has 1 aromatic heterocycles. The molecule has 3 rings (SSSR count). The van der Waals surface area contributed by atoms with Crippen molar-refractivity contribution in [3.8, 4) is 6.07 Å². The van der Waals surface area contributed by atoms with Crippen LogP contribution in [0.25, 0.3) is 0 Å². The number of ether oxygens (including phenoxy) is 1. The molecule has 0 N–H and O–H groups in total. The van der Waals surface area contributed by atoms with Crippen molar-refractivity contribution in [2.75, 3.05) is 13.7 Å². The number of methoxy groups -OCH3 is 1. The van der Waals surface area contributed by atoms with Gasteiger partial charge in [-0.05, 0) is 41.6 Å². The molecule has 116 valence electrons. The molecule has 1 aromatic carbocycles. The highest BCUT2D eigenvalue weighted by molar-refractivity contribution is 7.10. The van der Waals surface area contributed by atoms with Crippen molar-refractivity contribution in [3.05, 3.63) is 57.3 Å². The summed E-state index contributed by atoms with van der Waals surface area (Å²) in [6, 6.07) is 9.66. The number of carbonyl (C=O) groups is 2. The van der Waals surface area contributed by atoms with E-state index in [-0.39, 0.29) is 5.91 Å². The van der Waals surface area contributed by atoms with Gasteiger partial charge in [0.25, 0.3) is 5.91 Å². The molecule has 1 atom stereocenters. The molecule has 23 heavy (non-hydrogen) atoms. The number of esters is 1. The second-order valence-corrected chi connectivity index (χ2v) is 6.17. The van der Waals surface area contributed by atoms with Crippen LogP contribution in [-0.4, -0.2) is 30.4 Å². The van der Waals surface area contributed by atoms with Crippen molar-refractivity contribution in [1.29, 1.82) is 5.26 Å². The Morgan fingerprint density at radius 1 is 1.39 bits per heavy atom. The van der Waals surface area contributed by atoms with Crippen molar-refractivity contribution in [3.63, 3.8) is 0 Å². The fourth-order valence-electron chi connectivity index (χ4n) is 2.79. The molecule has 1 amide bonds. The van der Waals surface area contributed by atoms with Crippen LogP contribution in [0.3, 0.4) is 0 Å². The fraction of sp³-hybridized carbons (Fsp3) is 0.235. The molecule has 5 nitrogen and oxygen atoms in total. The van der Waals surface area contributed by atoms with Crippen LogP contribution in [0.2, 0.25) is 0 Å². The Bertz CT molecular complexity index is 806. The Balaban J connectivity index is 1.99. The fourth-order valence-corrected chi connectivity index (χ4v) is 3.69. The van der Waals surface area contributed by atoms with Gasteiger partial charge in [0.05, 0.1) is 18.7 Å². The molecule has 2 heterocycles. The number of nitrogens with zero attached hydrogens (tertiary/aromatic N) is 2. The summed E-state index contributed by atoms with van der Waals surface area (Å²) in [4.78, 5) is 27.7. The molecule has 0 aliphatic carbocycles. The molecular weight excluding hydrogens is 312 g/mol. The minimum absolute atomic E-state index is 0.269. The number of hydrogen-bond acceptors (Lipinski definition) is 5. The first-order valence-corrected chi connectivity index (χ1v) is 7.99. The summed E-state index contributed by atoms with van der Waals surface area (Å²) in [5.74, 6) is -0.719. The third-order valence-corrected chi connectivity index (χ3v) is 4.89. The van der Waals surface area contributed by atoms with E-state index in [0.29, 0.717) is 24.1 Å². The van der Waals surface area contributed by atoms with Gasteiger partial charge in [-0.3, -0.25) is 4.79 Å². The SMILES string of the molecule is COC(=O)C1c2ccsc2CCN1C(=O)c1cccc(C#N)c1. The van der Waals surface area contributed by atoms with Gasteiger partial charge in [0.2, 0.25) is 0 Å². The minimum Gasteiger partial charge on any atom is -0.467 e. The van der Waals surface area contributed by atoms with E-state index in [1.54, 1.807) is 35.6 Å². The minimum atomic E-state index is -0.728. The summed E-state index contributed by atoms with van der Waals surface area (Å²) in [6.45, 7) is 0.447. The van der Waals surface area contributed by atoms with E-state index in [9.17, 15) is 9.59 Å². The molecular formula is C17H14N2O3S. The summed E-state index contributed by atoms with van der Waals surface area (Å²) >= 11 is 1.58. The van der Waals surface area contributed by atoms with E-state index < -0.39 is 12.0 Å². The van der Waals surface area contributed by atoms with E-state index in [2.05, 4.69) is 0 Å². The molecule has 0 fully saturated rings. The maximum Gasteiger partial charge on any atom is 0.333 e. The molecule has 1 unspecified atom stereocenters. The Morgan fingerprint density at radius 2 is 2.22 bits per heavy atom. The number of benzene rings is 1. The average Bonchev–Trinajstić information content (AvgIpc) is 3.08. The molecule has 2 aromatic rings. The zero-order valence-corrected chi connectivity index (χ0v) is 13.3. The highest BCUT2D eigenvalue weighted by Gasteiger charge is 2.37. The maximum absolute atomic E-state index is 12.8. The Hall–Kier alpha value is -2.65. The number of carbonyl (C=O) groups excluding carboxylic acids is 2. The van der Waals surface area contributed by atoms with Gasteiger partial charge in [-0.2, -0.15) is 5.26 Å². The van der Waals surface area contributed by atoms with Gasteiger partial charge in [0.15, 0.2) is 6.04 Å². The molecule has 0 spiro atoms. The predicted octanol–water partition coefficient (Wildman–Crippen LogP) is 2.53. The van der Waals surface area contributed by atoms with E-state index in [4.69, 9.17) is 10.00 Å². The standard InChI is InChI=1S/C17H14N2O3S/c1-22-17(21)15-13-6-8-23-14(13)5-7-19(15)16(20)12-4-2-3-11(9-12)10-18/h2-4,6,8-9,15H,5,7H2,1H3. The summed E-state index contributed by atoms with van der Waals surface area (Å²) in [5, 5.41) is 10.9. The number of hydrogen-bond donors (Lipinski definition) is 0. The molecule has 0 bridgehead atoms. The van der Waals surface area contributed by atoms with Crippen LogP contribution in [0, 0.1) is 11.3 Å². The average molecular weight is 326 g/mol. The van der Waals surface area contributed by atoms with Crippen LogP contribution < -0.4 is 0 Å². The smallest absolute Gasteiger partial charge is 0.333 e. The Kier molecular flexibility index (Phi) is 4.13. The zero-order valence-electron chi connectivity index (χ0n) is 12.5. The molecule has 1 aliphatic heterocycles. The number of amides is 1. The summed E-state index contributed by atoms with van der Waals surface area (Å²) in [6.07, 6.45) is 0.712. The first-order valence-electron chi connectivity index (χ1n) is 7.11. The maximum atomic E-state index is 12.8. The monoisotopic (exact) mass is 326 g/mol. The lowest BCUT2D eigenvalue weighted by atomic mass is 9.98. The highest BCUT2D eigenvalue weighted by atomic mass is 32.1. The van der Waals surface area contributed by atoms with Gasteiger partial charge in [0.1, 0.15) is 0 Å². The van der Waals surface area contributed by atoms with Gasteiger partial charge in [-0.1, -0.05) is 6.07 Å². The predicted molar refractivity (Wildman–Crippen MR) is 85.0 cm³/mol. The van der Waals surface area contributed by atoms with E-state index in [0.717, 1.165) is 10.4 Å². The summed E-state index contributed by atoms with van der Waals surface area (Å²) in [5.41, 5.74) is 1.65. The molecule has 0 saturated heterocycles. The van der Waals surface area contributed by atoms with E-state index in [1.165, 1.54) is 12.0 Å². The largest absolute Gasteiger partial charge is 0.467 e. The van der Waals surface area contributed by atoms with Gasteiger partial charge in [0, 0.05) is 17.0 Å². The van der Waals surface area contributed by atoms with Crippen LogP contribution in [0.5, 0.6) is 0 Å². The lowest BCUT2D eigenvalue weighted by Crippen LogP contribution is -2.43. The summed E-state index contributed by atoms with van der Waals surface area (Å²) < 4.78 is 4.90.